The van der Waals surface area contributed by atoms with Crippen LogP contribution in [0.5, 0.6) is 5.75 Å². The Bertz CT molecular complexity index is 332. The molecule has 0 bridgehead atoms. The van der Waals surface area contributed by atoms with Crippen LogP contribution in [0.4, 0.5) is 0 Å². The maximum atomic E-state index is 9.56. The first-order valence-electron chi connectivity index (χ1n) is 3.38. The fourth-order valence-corrected chi connectivity index (χ4v) is 2.29. The van der Waals surface area contributed by atoms with Gasteiger partial charge < -0.3 is 5.11 Å². The van der Waals surface area contributed by atoms with Gasteiger partial charge in [0.15, 0.2) is 0 Å². The molecule has 0 spiro atoms. The maximum absolute atomic E-state index is 9.56. The topological polar surface area (TPSA) is 20.2 Å². The summed E-state index contributed by atoms with van der Waals surface area (Å²) in [6.45, 7) is 5.62. The highest BCUT2D eigenvalue weighted by atomic mass is 127. The van der Waals surface area contributed by atoms with E-state index in [0.29, 0.717) is 5.75 Å². The molecule has 1 rings (SSSR count). The van der Waals surface area contributed by atoms with Crippen molar-refractivity contribution in [2.24, 2.45) is 0 Å². The molecule has 1 N–H and O–H groups in total. The van der Waals surface area contributed by atoms with Gasteiger partial charge in [0.05, 0.1) is 3.57 Å². The number of hydrogen-bond acceptors (Lipinski definition) is 1. The Morgan fingerprint density at radius 3 is 2.58 bits per heavy atom. The molecule has 64 valence electrons. The molecule has 1 nitrogen and oxygen atoms in total. The molecule has 0 aliphatic rings. The van der Waals surface area contributed by atoms with Gasteiger partial charge in [-0.15, -0.1) is 0 Å². The Labute approximate surface area is 99.2 Å². The van der Waals surface area contributed by atoms with Crippen LogP contribution < -0.4 is 0 Å². The summed E-state index contributed by atoms with van der Waals surface area (Å²) in [6, 6.07) is 1.93. The second-order valence-electron chi connectivity index (χ2n) is 2.44. The Kier molecular flexibility index (Phi) is 3.39. The molecule has 0 saturated heterocycles. The number of halogens is 2. The third-order valence-electron chi connectivity index (χ3n) is 1.67. The molecule has 0 amide bonds. The van der Waals surface area contributed by atoms with E-state index in [1.807, 2.05) is 13.0 Å². The van der Waals surface area contributed by atoms with Crippen molar-refractivity contribution in [2.45, 2.75) is 6.92 Å². The molecule has 1 aromatic carbocycles. The Hall–Kier alpha value is 0.220. The van der Waals surface area contributed by atoms with E-state index in [1.54, 1.807) is 6.08 Å². The Morgan fingerprint density at radius 2 is 2.08 bits per heavy atom. The van der Waals surface area contributed by atoms with Crippen molar-refractivity contribution in [3.8, 4) is 5.75 Å². The van der Waals surface area contributed by atoms with Gasteiger partial charge in [0, 0.05) is 9.13 Å². The van der Waals surface area contributed by atoms with Gasteiger partial charge in [-0.3, -0.25) is 0 Å². The van der Waals surface area contributed by atoms with Gasteiger partial charge >= 0.3 is 0 Å². The average Bonchev–Trinajstić information content (AvgIpc) is 2.08. The fourth-order valence-electron chi connectivity index (χ4n) is 0.916. The molecule has 0 saturated carbocycles. The third kappa shape index (κ3) is 1.76. The lowest BCUT2D eigenvalue weighted by Gasteiger charge is -2.07. The van der Waals surface area contributed by atoms with Crippen LogP contribution in [0.15, 0.2) is 12.6 Å². The van der Waals surface area contributed by atoms with Crippen LogP contribution in [-0.2, 0) is 0 Å². The van der Waals surface area contributed by atoms with Crippen LogP contribution in [0.3, 0.4) is 0 Å². The highest BCUT2D eigenvalue weighted by molar-refractivity contribution is 14.1. The van der Waals surface area contributed by atoms with Gasteiger partial charge in [0.1, 0.15) is 5.75 Å². The first-order valence-corrected chi connectivity index (χ1v) is 5.53. The highest BCUT2D eigenvalue weighted by Gasteiger charge is 2.08. The minimum Gasteiger partial charge on any atom is -0.507 e. The average molecular weight is 386 g/mol. The van der Waals surface area contributed by atoms with Crippen LogP contribution in [0, 0.1) is 14.1 Å². The molecule has 0 aromatic heterocycles. The molecule has 0 atom stereocenters. The van der Waals surface area contributed by atoms with E-state index in [1.165, 1.54) is 0 Å². The summed E-state index contributed by atoms with van der Waals surface area (Å²) in [5.41, 5.74) is 2.01. The molecule has 3 heteroatoms. The minimum atomic E-state index is 0.380. The summed E-state index contributed by atoms with van der Waals surface area (Å²) < 4.78 is 1.95. The summed E-state index contributed by atoms with van der Waals surface area (Å²) in [5, 5.41) is 9.56. The number of phenols is 1. The molecule has 0 radical (unpaired) electrons. The summed E-state index contributed by atoms with van der Waals surface area (Å²) in [4.78, 5) is 0. The fraction of sp³-hybridized carbons (Fsp3) is 0.111. The van der Waals surface area contributed by atoms with Gasteiger partial charge in [-0.25, -0.2) is 0 Å². The van der Waals surface area contributed by atoms with Crippen molar-refractivity contribution in [1.82, 2.24) is 0 Å². The summed E-state index contributed by atoms with van der Waals surface area (Å²) in [6.07, 6.45) is 1.80. The first kappa shape index (κ1) is 10.3. The monoisotopic (exact) mass is 386 g/mol. The molecule has 1 aromatic rings. The molecule has 0 fully saturated rings. The lowest BCUT2D eigenvalue weighted by atomic mass is 10.1. The Morgan fingerprint density at radius 1 is 1.50 bits per heavy atom. The molecular weight excluding hydrogens is 378 g/mol. The van der Waals surface area contributed by atoms with Crippen molar-refractivity contribution in [2.75, 3.05) is 0 Å². The van der Waals surface area contributed by atoms with E-state index in [4.69, 9.17) is 0 Å². The standard InChI is InChI=1S/C9H8I2O/c1-3-6-4-7(10)9(12)5(2)8(6)11/h3-4,12H,1H2,2H3. The Balaban J connectivity index is 3.49. The smallest absolute Gasteiger partial charge is 0.132 e. The van der Waals surface area contributed by atoms with Crippen LogP contribution in [-0.4, -0.2) is 5.11 Å². The van der Waals surface area contributed by atoms with Gasteiger partial charge in [-0.1, -0.05) is 12.7 Å². The van der Waals surface area contributed by atoms with Gasteiger partial charge in [0.2, 0.25) is 0 Å². The number of hydrogen-bond donors (Lipinski definition) is 1. The van der Waals surface area contributed by atoms with Crippen molar-refractivity contribution in [3.05, 3.63) is 30.9 Å². The van der Waals surface area contributed by atoms with E-state index in [0.717, 1.165) is 18.3 Å². The van der Waals surface area contributed by atoms with E-state index in [-0.39, 0.29) is 0 Å². The van der Waals surface area contributed by atoms with Gasteiger partial charge in [0.25, 0.3) is 0 Å². The molecule has 12 heavy (non-hydrogen) atoms. The zero-order valence-corrected chi connectivity index (χ0v) is 10.9. The zero-order chi connectivity index (χ0) is 9.30. The van der Waals surface area contributed by atoms with Gasteiger partial charge in [-0.05, 0) is 63.7 Å². The summed E-state index contributed by atoms with van der Waals surface area (Å²) in [5.74, 6) is 0.380. The van der Waals surface area contributed by atoms with E-state index >= 15 is 0 Å². The number of aromatic hydroxyl groups is 1. The SMILES string of the molecule is C=Cc1cc(I)c(O)c(C)c1I. The third-order valence-corrected chi connectivity index (χ3v) is 3.92. The molecule has 0 aliphatic heterocycles. The minimum absolute atomic E-state index is 0.380. The van der Waals surface area contributed by atoms with Crippen molar-refractivity contribution in [1.29, 1.82) is 0 Å². The second-order valence-corrected chi connectivity index (χ2v) is 4.68. The van der Waals surface area contributed by atoms with Crippen molar-refractivity contribution >= 4 is 51.3 Å². The molecule has 0 aliphatic carbocycles. The molecular formula is C9H8I2O. The summed E-state index contributed by atoms with van der Waals surface area (Å²) >= 11 is 4.33. The number of benzene rings is 1. The quantitative estimate of drug-likeness (QED) is 0.733. The van der Waals surface area contributed by atoms with Crippen LogP contribution in [0.25, 0.3) is 6.08 Å². The maximum Gasteiger partial charge on any atom is 0.132 e. The zero-order valence-electron chi connectivity index (χ0n) is 6.56. The highest BCUT2D eigenvalue weighted by Crippen LogP contribution is 2.30. The second kappa shape index (κ2) is 3.95. The van der Waals surface area contributed by atoms with Crippen molar-refractivity contribution < 1.29 is 5.11 Å². The lowest BCUT2D eigenvalue weighted by Crippen LogP contribution is -1.89. The number of rotatable bonds is 1. The lowest BCUT2D eigenvalue weighted by molar-refractivity contribution is 0.466. The molecule has 0 heterocycles. The van der Waals surface area contributed by atoms with Crippen molar-refractivity contribution in [3.63, 3.8) is 0 Å². The summed E-state index contributed by atoms with van der Waals surface area (Å²) in [7, 11) is 0. The largest absolute Gasteiger partial charge is 0.507 e. The van der Waals surface area contributed by atoms with E-state index < -0.39 is 0 Å². The van der Waals surface area contributed by atoms with Crippen LogP contribution in [0.1, 0.15) is 11.1 Å². The predicted molar refractivity (Wildman–Crippen MR) is 68.4 cm³/mol. The normalized spacial score (nSPS) is 9.92. The predicted octanol–water partition coefficient (Wildman–Crippen LogP) is 3.55. The number of phenolic OH excluding ortho intramolecular Hbond substituents is 1. The van der Waals surface area contributed by atoms with Crippen LogP contribution in [0.2, 0.25) is 0 Å². The first-order chi connectivity index (χ1) is 5.57. The van der Waals surface area contributed by atoms with Crippen LogP contribution >= 0.6 is 45.2 Å². The van der Waals surface area contributed by atoms with E-state index in [9.17, 15) is 5.11 Å². The van der Waals surface area contributed by atoms with Gasteiger partial charge in [-0.2, -0.15) is 0 Å². The molecule has 0 unspecified atom stereocenters. The van der Waals surface area contributed by atoms with E-state index in [2.05, 4.69) is 51.8 Å².